The molecule has 1 unspecified atom stereocenters. The Morgan fingerprint density at radius 1 is 1.32 bits per heavy atom. The lowest BCUT2D eigenvalue weighted by atomic mass is 9.99. The van der Waals surface area contributed by atoms with Gasteiger partial charge in [0.2, 0.25) is 0 Å². The summed E-state index contributed by atoms with van der Waals surface area (Å²) >= 11 is 0. The number of benzene rings is 1. The standard InChI is InChI=1S/C15H14N2O2/c1-18-15-13(6-3-7-17-15)11-4-2-5-12(8-11)14-9-16-10-19-14/h2-10,15,17H,1H3. The average molecular weight is 254 g/mol. The molecule has 19 heavy (non-hydrogen) atoms. The van der Waals surface area contributed by atoms with E-state index in [2.05, 4.69) is 22.4 Å². The van der Waals surface area contributed by atoms with Gasteiger partial charge in [0, 0.05) is 18.2 Å². The molecule has 0 radical (unpaired) electrons. The molecule has 0 fully saturated rings. The van der Waals surface area contributed by atoms with Gasteiger partial charge in [-0.25, -0.2) is 4.98 Å². The number of methoxy groups -OCH3 is 1. The molecule has 0 saturated heterocycles. The second kappa shape index (κ2) is 5.12. The molecule has 2 aromatic rings. The fourth-order valence-electron chi connectivity index (χ4n) is 2.12. The number of oxazole rings is 1. The molecule has 4 nitrogen and oxygen atoms in total. The summed E-state index contributed by atoms with van der Waals surface area (Å²) in [6.45, 7) is 0. The second-order valence-corrected chi connectivity index (χ2v) is 4.21. The lowest BCUT2D eigenvalue weighted by molar-refractivity contribution is 0.131. The number of hydrogen-bond donors (Lipinski definition) is 1. The van der Waals surface area contributed by atoms with Crippen LogP contribution in [-0.4, -0.2) is 18.3 Å². The Morgan fingerprint density at radius 2 is 2.21 bits per heavy atom. The van der Waals surface area contributed by atoms with Gasteiger partial charge in [-0.1, -0.05) is 24.3 Å². The molecule has 0 bridgehead atoms. The summed E-state index contributed by atoms with van der Waals surface area (Å²) in [5, 5.41) is 3.16. The van der Waals surface area contributed by atoms with Crippen molar-refractivity contribution in [2.75, 3.05) is 7.11 Å². The van der Waals surface area contributed by atoms with Crippen LogP contribution in [-0.2, 0) is 4.74 Å². The maximum absolute atomic E-state index is 5.42. The first-order chi connectivity index (χ1) is 9.38. The molecule has 1 aromatic heterocycles. The highest BCUT2D eigenvalue weighted by molar-refractivity contribution is 5.74. The van der Waals surface area contributed by atoms with Crippen molar-refractivity contribution in [3.63, 3.8) is 0 Å². The van der Waals surface area contributed by atoms with E-state index in [9.17, 15) is 0 Å². The fourth-order valence-corrected chi connectivity index (χ4v) is 2.12. The van der Waals surface area contributed by atoms with Crippen molar-refractivity contribution in [2.24, 2.45) is 0 Å². The van der Waals surface area contributed by atoms with Crippen LogP contribution in [0.4, 0.5) is 0 Å². The van der Waals surface area contributed by atoms with Crippen molar-refractivity contribution >= 4 is 5.57 Å². The van der Waals surface area contributed by atoms with Gasteiger partial charge in [0.15, 0.2) is 18.4 Å². The minimum atomic E-state index is -0.130. The number of dihydropyridines is 1. The minimum Gasteiger partial charge on any atom is -0.444 e. The zero-order valence-corrected chi connectivity index (χ0v) is 10.5. The van der Waals surface area contributed by atoms with Crippen LogP contribution in [0.2, 0.25) is 0 Å². The first kappa shape index (κ1) is 11.7. The Morgan fingerprint density at radius 3 is 3.00 bits per heavy atom. The largest absolute Gasteiger partial charge is 0.444 e. The molecule has 1 atom stereocenters. The monoisotopic (exact) mass is 254 g/mol. The summed E-state index contributed by atoms with van der Waals surface area (Å²) in [5.74, 6) is 0.760. The Hall–Kier alpha value is -2.33. The van der Waals surface area contributed by atoms with E-state index >= 15 is 0 Å². The van der Waals surface area contributed by atoms with E-state index in [4.69, 9.17) is 9.15 Å². The van der Waals surface area contributed by atoms with E-state index in [0.29, 0.717) is 0 Å². The Balaban J connectivity index is 1.99. The van der Waals surface area contributed by atoms with Crippen LogP contribution in [0.25, 0.3) is 16.9 Å². The molecule has 0 amide bonds. The molecule has 4 heteroatoms. The lowest BCUT2D eigenvalue weighted by Crippen LogP contribution is -2.29. The number of allylic oxidation sites excluding steroid dienone is 2. The van der Waals surface area contributed by atoms with Crippen LogP contribution >= 0.6 is 0 Å². The number of hydrogen-bond acceptors (Lipinski definition) is 4. The van der Waals surface area contributed by atoms with Gasteiger partial charge < -0.3 is 14.5 Å². The third-order valence-corrected chi connectivity index (χ3v) is 3.05. The molecular weight excluding hydrogens is 240 g/mol. The molecule has 1 aromatic carbocycles. The smallest absolute Gasteiger partial charge is 0.181 e. The highest BCUT2D eigenvalue weighted by Gasteiger charge is 2.16. The van der Waals surface area contributed by atoms with E-state index in [-0.39, 0.29) is 6.23 Å². The highest BCUT2D eigenvalue weighted by Crippen LogP contribution is 2.26. The van der Waals surface area contributed by atoms with Gasteiger partial charge in [-0.3, -0.25) is 0 Å². The van der Waals surface area contributed by atoms with Crippen LogP contribution in [0.15, 0.2) is 59.6 Å². The predicted octanol–water partition coefficient (Wildman–Crippen LogP) is 2.81. The summed E-state index contributed by atoms with van der Waals surface area (Å²) in [5.41, 5.74) is 3.18. The molecule has 96 valence electrons. The van der Waals surface area contributed by atoms with Crippen LogP contribution in [0.3, 0.4) is 0 Å². The number of aromatic nitrogens is 1. The number of nitrogens with one attached hydrogen (secondary N) is 1. The lowest BCUT2D eigenvalue weighted by Gasteiger charge is -2.22. The molecule has 2 heterocycles. The van der Waals surface area contributed by atoms with Crippen molar-refractivity contribution in [3.8, 4) is 11.3 Å². The SMILES string of the molecule is COC1NC=CC=C1c1cccc(-c2cnco2)c1. The summed E-state index contributed by atoms with van der Waals surface area (Å²) in [7, 11) is 1.69. The first-order valence-electron chi connectivity index (χ1n) is 6.03. The molecule has 0 spiro atoms. The van der Waals surface area contributed by atoms with Gasteiger partial charge >= 0.3 is 0 Å². The Kier molecular flexibility index (Phi) is 3.16. The minimum absolute atomic E-state index is 0.130. The summed E-state index contributed by atoms with van der Waals surface area (Å²) < 4.78 is 10.7. The third-order valence-electron chi connectivity index (χ3n) is 3.05. The molecule has 0 saturated carbocycles. The third kappa shape index (κ3) is 2.30. The normalized spacial score (nSPS) is 17.9. The molecule has 3 rings (SSSR count). The number of rotatable bonds is 3. The van der Waals surface area contributed by atoms with Crippen molar-refractivity contribution in [3.05, 3.63) is 60.8 Å². The fraction of sp³-hybridized carbons (Fsp3) is 0.133. The molecule has 1 N–H and O–H groups in total. The molecule has 0 aliphatic carbocycles. The summed E-state index contributed by atoms with van der Waals surface area (Å²) in [6, 6.07) is 8.12. The van der Waals surface area contributed by atoms with E-state index < -0.39 is 0 Å². The maximum atomic E-state index is 5.42. The zero-order valence-electron chi connectivity index (χ0n) is 10.5. The first-order valence-corrected chi connectivity index (χ1v) is 6.03. The Labute approximate surface area is 111 Å². The summed E-state index contributed by atoms with van der Waals surface area (Å²) in [4.78, 5) is 3.94. The number of nitrogens with zero attached hydrogens (tertiary/aromatic N) is 1. The number of ether oxygens (including phenoxy) is 1. The summed E-state index contributed by atoms with van der Waals surface area (Å²) in [6.07, 6.45) is 8.90. The van der Waals surface area contributed by atoms with Crippen LogP contribution in [0.1, 0.15) is 5.56 Å². The quantitative estimate of drug-likeness (QED) is 0.915. The molecular formula is C15H14N2O2. The van der Waals surface area contributed by atoms with Gasteiger partial charge in [-0.05, 0) is 23.9 Å². The van der Waals surface area contributed by atoms with E-state index in [1.807, 2.05) is 30.5 Å². The van der Waals surface area contributed by atoms with E-state index in [1.54, 1.807) is 13.3 Å². The van der Waals surface area contributed by atoms with Gasteiger partial charge in [0.25, 0.3) is 0 Å². The molecule has 1 aliphatic heterocycles. The van der Waals surface area contributed by atoms with Gasteiger partial charge in [-0.2, -0.15) is 0 Å². The van der Waals surface area contributed by atoms with E-state index in [0.717, 1.165) is 22.5 Å². The van der Waals surface area contributed by atoms with Crippen LogP contribution in [0.5, 0.6) is 0 Å². The van der Waals surface area contributed by atoms with Crippen molar-refractivity contribution in [2.45, 2.75) is 6.23 Å². The van der Waals surface area contributed by atoms with Gasteiger partial charge in [-0.15, -0.1) is 0 Å². The van der Waals surface area contributed by atoms with Crippen molar-refractivity contribution in [1.29, 1.82) is 0 Å². The van der Waals surface area contributed by atoms with Gasteiger partial charge in [0.05, 0.1) is 6.20 Å². The van der Waals surface area contributed by atoms with Gasteiger partial charge in [0.1, 0.15) is 0 Å². The average Bonchev–Trinajstić information content (AvgIpc) is 3.01. The van der Waals surface area contributed by atoms with Crippen LogP contribution in [0, 0.1) is 0 Å². The van der Waals surface area contributed by atoms with E-state index in [1.165, 1.54) is 6.39 Å². The zero-order chi connectivity index (χ0) is 13.1. The van der Waals surface area contributed by atoms with Crippen molar-refractivity contribution < 1.29 is 9.15 Å². The maximum Gasteiger partial charge on any atom is 0.181 e. The van der Waals surface area contributed by atoms with Crippen molar-refractivity contribution in [1.82, 2.24) is 10.3 Å². The topological polar surface area (TPSA) is 47.3 Å². The predicted molar refractivity (Wildman–Crippen MR) is 73.0 cm³/mol. The molecule has 1 aliphatic rings. The van der Waals surface area contributed by atoms with Crippen LogP contribution < -0.4 is 5.32 Å². The Bertz CT molecular complexity index is 615. The highest BCUT2D eigenvalue weighted by atomic mass is 16.5. The second-order valence-electron chi connectivity index (χ2n) is 4.21.